The van der Waals surface area contributed by atoms with Crippen LogP contribution in [0.4, 0.5) is 10.1 Å². The molecular formula is C23H27FN2O2. The molecule has 1 amide bonds. The van der Waals surface area contributed by atoms with Crippen LogP contribution in [0.1, 0.15) is 54.1 Å². The van der Waals surface area contributed by atoms with Crippen LogP contribution in [0.15, 0.2) is 30.3 Å². The Labute approximate surface area is 165 Å². The molecule has 0 unspecified atom stereocenters. The van der Waals surface area contributed by atoms with Crippen LogP contribution in [-0.2, 0) is 34.4 Å². The van der Waals surface area contributed by atoms with Crippen molar-refractivity contribution >= 4 is 11.6 Å². The molecule has 0 radical (unpaired) electrons. The number of fused-ring (bicyclic) bond motifs is 2. The van der Waals surface area contributed by atoms with Gasteiger partial charge in [-0.2, -0.15) is 0 Å². The summed E-state index contributed by atoms with van der Waals surface area (Å²) < 4.78 is 19.9. The van der Waals surface area contributed by atoms with E-state index >= 15 is 0 Å². The summed E-state index contributed by atoms with van der Waals surface area (Å²) in [4.78, 5) is 13.0. The Morgan fingerprint density at radius 1 is 1.25 bits per heavy atom. The maximum absolute atomic E-state index is 14.7. The van der Waals surface area contributed by atoms with Crippen molar-refractivity contribution in [3.8, 4) is 0 Å². The van der Waals surface area contributed by atoms with Crippen LogP contribution in [-0.4, -0.2) is 19.6 Å². The van der Waals surface area contributed by atoms with Crippen molar-refractivity contribution in [1.29, 1.82) is 0 Å². The minimum atomic E-state index is -0.437. The fourth-order valence-corrected chi connectivity index (χ4v) is 4.59. The standard InChI is InChI=1S/C23H27FN2O2/c1-23(2)8-6-16-11-17(12-19(24)20(16)23)26-22(27)21-18-5-4-14(13-28-3)10-15(18)7-9-25-21/h4-5,10-12,21,25H,6-9,13H2,1-3H3,(H,26,27)/t21-/m1/s1. The molecule has 1 aliphatic heterocycles. The zero-order chi connectivity index (χ0) is 19.9. The summed E-state index contributed by atoms with van der Waals surface area (Å²) in [5, 5.41) is 6.21. The van der Waals surface area contributed by atoms with E-state index in [9.17, 15) is 9.18 Å². The fourth-order valence-electron chi connectivity index (χ4n) is 4.59. The number of carbonyl (C=O) groups is 1. The van der Waals surface area contributed by atoms with E-state index in [4.69, 9.17) is 4.74 Å². The van der Waals surface area contributed by atoms with Gasteiger partial charge in [0.05, 0.1) is 6.61 Å². The van der Waals surface area contributed by atoms with Gasteiger partial charge in [0.1, 0.15) is 11.9 Å². The van der Waals surface area contributed by atoms with Gasteiger partial charge in [-0.1, -0.05) is 32.0 Å². The Kier molecular flexibility index (Phi) is 4.98. The summed E-state index contributed by atoms with van der Waals surface area (Å²) >= 11 is 0. The van der Waals surface area contributed by atoms with Gasteiger partial charge in [-0.25, -0.2) is 4.39 Å². The zero-order valence-electron chi connectivity index (χ0n) is 16.7. The molecule has 0 saturated carbocycles. The van der Waals surface area contributed by atoms with Crippen LogP contribution in [0.2, 0.25) is 0 Å². The van der Waals surface area contributed by atoms with Crippen molar-refractivity contribution in [2.24, 2.45) is 0 Å². The van der Waals surface area contributed by atoms with E-state index in [0.717, 1.165) is 53.6 Å². The largest absolute Gasteiger partial charge is 0.380 e. The average molecular weight is 382 g/mol. The highest BCUT2D eigenvalue weighted by Gasteiger charge is 2.33. The lowest BCUT2D eigenvalue weighted by Gasteiger charge is -2.27. The molecule has 2 aromatic rings. The Morgan fingerprint density at radius 3 is 2.86 bits per heavy atom. The number of rotatable bonds is 4. The lowest BCUT2D eigenvalue weighted by molar-refractivity contribution is -0.118. The second kappa shape index (κ2) is 7.30. The van der Waals surface area contributed by atoms with Crippen LogP contribution in [0.3, 0.4) is 0 Å². The number of anilines is 1. The smallest absolute Gasteiger partial charge is 0.246 e. The van der Waals surface area contributed by atoms with Crippen molar-refractivity contribution in [1.82, 2.24) is 5.32 Å². The van der Waals surface area contributed by atoms with Gasteiger partial charge in [-0.15, -0.1) is 0 Å². The third-order valence-electron chi connectivity index (χ3n) is 5.97. The zero-order valence-corrected chi connectivity index (χ0v) is 16.7. The average Bonchev–Trinajstić information content (AvgIpc) is 2.96. The van der Waals surface area contributed by atoms with E-state index in [-0.39, 0.29) is 17.1 Å². The topological polar surface area (TPSA) is 50.4 Å². The van der Waals surface area contributed by atoms with Gasteiger partial charge in [0, 0.05) is 19.3 Å². The number of hydrogen-bond donors (Lipinski definition) is 2. The molecule has 2 aliphatic rings. The van der Waals surface area contributed by atoms with Gasteiger partial charge >= 0.3 is 0 Å². The molecule has 148 valence electrons. The monoisotopic (exact) mass is 382 g/mol. The molecular weight excluding hydrogens is 355 g/mol. The Bertz CT molecular complexity index is 923. The van der Waals surface area contributed by atoms with Gasteiger partial charge in [0.25, 0.3) is 0 Å². The second-order valence-electron chi connectivity index (χ2n) is 8.47. The lowest BCUT2D eigenvalue weighted by atomic mass is 9.86. The highest BCUT2D eigenvalue weighted by molar-refractivity contribution is 5.96. The number of hydrogen-bond acceptors (Lipinski definition) is 3. The number of methoxy groups -OCH3 is 1. The Balaban J connectivity index is 1.57. The maximum Gasteiger partial charge on any atom is 0.246 e. The van der Waals surface area contributed by atoms with Gasteiger partial charge in [0.2, 0.25) is 5.91 Å². The van der Waals surface area contributed by atoms with E-state index in [0.29, 0.717) is 12.3 Å². The summed E-state index contributed by atoms with van der Waals surface area (Å²) in [6.07, 6.45) is 2.65. The fraction of sp³-hybridized carbons (Fsp3) is 0.435. The summed E-state index contributed by atoms with van der Waals surface area (Å²) in [6.45, 7) is 5.43. The summed E-state index contributed by atoms with van der Waals surface area (Å²) in [5.74, 6) is -0.381. The van der Waals surface area contributed by atoms with Gasteiger partial charge in [-0.3, -0.25) is 4.79 Å². The quantitative estimate of drug-likeness (QED) is 0.840. The molecule has 1 heterocycles. The molecule has 2 N–H and O–H groups in total. The van der Waals surface area contributed by atoms with Crippen LogP contribution in [0.25, 0.3) is 0 Å². The van der Waals surface area contributed by atoms with E-state index < -0.39 is 6.04 Å². The van der Waals surface area contributed by atoms with Crippen molar-refractivity contribution in [2.75, 3.05) is 19.0 Å². The number of carbonyl (C=O) groups excluding carboxylic acids is 1. The molecule has 0 bridgehead atoms. The molecule has 0 aromatic heterocycles. The summed E-state index contributed by atoms with van der Waals surface area (Å²) in [7, 11) is 1.67. The molecule has 1 aliphatic carbocycles. The van der Waals surface area contributed by atoms with Crippen molar-refractivity contribution in [3.05, 3.63) is 64.0 Å². The molecule has 2 aromatic carbocycles. The van der Waals surface area contributed by atoms with E-state index in [1.807, 2.05) is 18.2 Å². The first-order valence-corrected chi connectivity index (χ1v) is 9.87. The highest BCUT2D eigenvalue weighted by atomic mass is 19.1. The Hall–Kier alpha value is -2.24. The predicted molar refractivity (Wildman–Crippen MR) is 108 cm³/mol. The van der Waals surface area contributed by atoms with Crippen molar-refractivity contribution in [3.63, 3.8) is 0 Å². The Morgan fingerprint density at radius 2 is 2.07 bits per heavy atom. The predicted octanol–water partition coefficient (Wildman–Crippen LogP) is 4.02. The number of ether oxygens (including phenoxy) is 1. The number of aryl methyl sites for hydroxylation is 1. The van der Waals surface area contributed by atoms with Crippen molar-refractivity contribution in [2.45, 2.75) is 51.2 Å². The van der Waals surface area contributed by atoms with Gasteiger partial charge in [0.15, 0.2) is 0 Å². The lowest BCUT2D eigenvalue weighted by Crippen LogP contribution is -2.38. The first-order valence-electron chi connectivity index (χ1n) is 9.87. The summed E-state index contributed by atoms with van der Waals surface area (Å²) in [5.41, 5.74) is 5.42. The van der Waals surface area contributed by atoms with E-state index in [1.165, 1.54) is 6.07 Å². The van der Waals surface area contributed by atoms with Crippen molar-refractivity contribution < 1.29 is 13.9 Å². The SMILES string of the molecule is COCc1ccc2c(c1)CCN[C@H]2C(=O)Nc1cc(F)c2c(c1)CCC2(C)C. The van der Waals surface area contributed by atoms with E-state index in [2.05, 4.69) is 30.5 Å². The van der Waals surface area contributed by atoms with Crippen LogP contribution in [0, 0.1) is 5.82 Å². The summed E-state index contributed by atoms with van der Waals surface area (Å²) in [6, 6.07) is 9.04. The third-order valence-corrected chi connectivity index (χ3v) is 5.97. The minimum absolute atomic E-state index is 0.147. The number of nitrogens with one attached hydrogen (secondary N) is 2. The number of amides is 1. The van der Waals surface area contributed by atoms with Crippen LogP contribution >= 0.6 is 0 Å². The minimum Gasteiger partial charge on any atom is -0.380 e. The first-order chi connectivity index (χ1) is 13.4. The van der Waals surface area contributed by atoms with Crippen LogP contribution < -0.4 is 10.6 Å². The molecule has 4 rings (SSSR count). The molecule has 28 heavy (non-hydrogen) atoms. The third kappa shape index (κ3) is 3.45. The van der Waals surface area contributed by atoms with Gasteiger partial charge in [-0.05, 0) is 64.6 Å². The van der Waals surface area contributed by atoms with Crippen LogP contribution in [0.5, 0.6) is 0 Å². The molecule has 5 heteroatoms. The maximum atomic E-state index is 14.7. The highest BCUT2D eigenvalue weighted by Crippen LogP contribution is 2.41. The molecule has 1 atom stereocenters. The number of halogens is 1. The molecule has 0 saturated heterocycles. The number of benzene rings is 2. The van der Waals surface area contributed by atoms with E-state index in [1.54, 1.807) is 7.11 Å². The first kappa shape index (κ1) is 19.1. The second-order valence-corrected chi connectivity index (χ2v) is 8.47. The molecule has 4 nitrogen and oxygen atoms in total. The normalized spacial score (nSPS) is 19.8. The molecule has 0 fully saturated rings. The molecule has 0 spiro atoms. The van der Waals surface area contributed by atoms with Gasteiger partial charge < -0.3 is 15.4 Å².